The Balaban J connectivity index is 2.92. The summed E-state index contributed by atoms with van der Waals surface area (Å²) in [4.78, 5) is 22.9. The van der Waals surface area contributed by atoms with Crippen molar-refractivity contribution in [1.29, 1.82) is 0 Å². The van der Waals surface area contributed by atoms with E-state index in [1.165, 1.54) is 19.1 Å². The second kappa shape index (κ2) is 6.32. The van der Waals surface area contributed by atoms with Gasteiger partial charge in [-0.05, 0) is 24.3 Å². The molecule has 0 radical (unpaired) electrons. The summed E-state index contributed by atoms with van der Waals surface area (Å²) in [5.41, 5.74) is 0.892. The third-order valence-electron chi connectivity index (χ3n) is 2.07. The van der Waals surface area contributed by atoms with Crippen LogP contribution in [0.15, 0.2) is 24.3 Å². The monoisotopic (exact) mass is 324 g/mol. The van der Waals surface area contributed by atoms with E-state index in [4.69, 9.17) is 39.9 Å². The van der Waals surface area contributed by atoms with Crippen LogP contribution < -0.4 is 10.2 Å². The van der Waals surface area contributed by atoms with Crippen molar-refractivity contribution < 1.29 is 14.7 Å². The highest BCUT2D eigenvalue weighted by Crippen LogP contribution is 2.29. The first kappa shape index (κ1) is 15.9. The highest BCUT2D eigenvalue weighted by atomic mass is 35.6. The number of carbonyl (C=O) groups excluding carboxylic acids is 1. The van der Waals surface area contributed by atoms with E-state index in [9.17, 15) is 9.59 Å². The van der Waals surface area contributed by atoms with Gasteiger partial charge in [-0.2, -0.15) is 0 Å². The number of anilines is 2. The summed E-state index contributed by atoms with van der Waals surface area (Å²) in [5.74, 6) is -0.218. The van der Waals surface area contributed by atoms with E-state index < -0.39 is 9.89 Å². The standard InChI is InChI=1S/C11H11Cl3N2O3/c1-7(17)15-8-2-4-9(5-3-8)16(10(18)19)6-11(12,13)14/h2-5H,6H2,1H3,(H,15,17)(H,18,19). The molecule has 104 valence electrons. The van der Waals surface area contributed by atoms with Crippen LogP contribution in [0.2, 0.25) is 0 Å². The van der Waals surface area contributed by atoms with E-state index in [1.807, 2.05) is 0 Å². The lowest BCUT2D eigenvalue weighted by Gasteiger charge is -2.23. The molecular formula is C11H11Cl3N2O3. The molecule has 0 saturated carbocycles. The van der Waals surface area contributed by atoms with Gasteiger partial charge in [-0.15, -0.1) is 0 Å². The lowest BCUT2D eigenvalue weighted by molar-refractivity contribution is -0.114. The van der Waals surface area contributed by atoms with Crippen molar-refractivity contribution in [3.63, 3.8) is 0 Å². The van der Waals surface area contributed by atoms with Crippen LogP contribution in [-0.4, -0.2) is 27.4 Å². The topological polar surface area (TPSA) is 69.6 Å². The van der Waals surface area contributed by atoms with Gasteiger partial charge in [-0.25, -0.2) is 4.79 Å². The van der Waals surface area contributed by atoms with Crippen LogP contribution in [0.4, 0.5) is 16.2 Å². The molecule has 0 aliphatic carbocycles. The molecule has 0 atom stereocenters. The van der Waals surface area contributed by atoms with Crippen molar-refractivity contribution in [2.24, 2.45) is 0 Å². The zero-order valence-corrected chi connectivity index (χ0v) is 12.1. The summed E-state index contributed by atoms with van der Waals surface area (Å²) in [7, 11) is 0. The van der Waals surface area contributed by atoms with E-state index in [2.05, 4.69) is 5.32 Å². The number of carboxylic acid groups (broad SMARTS) is 1. The van der Waals surface area contributed by atoms with E-state index in [-0.39, 0.29) is 12.5 Å². The van der Waals surface area contributed by atoms with Gasteiger partial charge in [0, 0.05) is 18.3 Å². The van der Waals surface area contributed by atoms with Gasteiger partial charge < -0.3 is 10.4 Å². The largest absolute Gasteiger partial charge is 0.465 e. The van der Waals surface area contributed by atoms with Gasteiger partial charge in [0.05, 0.1) is 6.54 Å². The Bertz CT molecular complexity index is 471. The van der Waals surface area contributed by atoms with Crippen molar-refractivity contribution >= 4 is 58.2 Å². The van der Waals surface area contributed by atoms with Gasteiger partial charge in [-0.1, -0.05) is 34.8 Å². The van der Waals surface area contributed by atoms with Crippen molar-refractivity contribution in [3.8, 4) is 0 Å². The van der Waals surface area contributed by atoms with Gasteiger partial charge in [0.25, 0.3) is 0 Å². The summed E-state index contributed by atoms with van der Waals surface area (Å²) in [5, 5.41) is 11.7. The van der Waals surface area contributed by atoms with Crippen molar-refractivity contribution in [1.82, 2.24) is 0 Å². The fraction of sp³-hybridized carbons (Fsp3) is 0.273. The first-order valence-corrected chi connectivity index (χ1v) is 6.27. The number of benzene rings is 1. The highest BCUT2D eigenvalue weighted by Gasteiger charge is 2.27. The average Bonchev–Trinajstić information content (AvgIpc) is 2.25. The lowest BCUT2D eigenvalue weighted by atomic mass is 10.2. The van der Waals surface area contributed by atoms with Crippen LogP contribution in [0.25, 0.3) is 0 Å². The number of alkyl halides is 3. The molecule has 1 aromatic rings. The van der Waals surface area contributed by atoms with Gasteiger partial charge >= 0.3 is 6.09 Å². The molecular weight excluding hydrogens is 314 g/mol. The number of carbonyl (C=O) groups is 2. The Morgan fingerprint density at radius 1 is 1.26 bits per heavy atom. The molecule has 0 unspecified atom stereocenters. The summed E-state index contributed by atoms with van der Waals surface area (Å²) in [6, 6.07) is 6.14. The molecule has 0 saturated heterocycles. The van der Waals surface area contributed by atoms with E-state index in [1.54, 1.807) is 12.1 Å². The zero-order chi connectivity index (χ0) is 14.6. The predicted octanol–water partition coefficient (Wildman–Crippen LogP) is 3.50. The Labute approximate surface area is 125 Å². The lowest BCUT2D eigenvalue weighted by Crippen LogP contribution is -2.36. The van der Waals surface area contributed by atoms with Gasteiger partial charge in [0.1, 0.15) is 0 Å². The highest BCUT2D eigenvalue weighted by molar-refractivity contribution is 6.68. The minimum absolute atomic E-state index is 0.218. The fourth-order valence-electron chi connectivity index (χ4n) is 1.38. The summed E-state index contributed by atoms with van der Waals surface area (Å²) in [6.45, 7) is 1.08. The van der Waals surface area contributed by atoms with Gasteiger partial charge in [-0.3, -0.25) is 9.69 Å². The zero-order valence-electron chi connectivity index (χ0n) is 9.86. The third-order valence-corrected chi connectivity index (χ3v) is 2.43. The Morgan fingerprint density at radius 3 is 2.16 bits per heavy atom. The summed E-state index contributed by atoms with van der Waals surface area (Å²) < 4.78 is -1.71. The number of amides is 2. The number of hydrogen-bond donors (Lipinski definition) is 2. The van der Waals surface area contributed by atoms with Crippen molar-refractivity contribution in [2.75, 3.05) is 16.8 Å². The third kappa shape index (κ3) is 5.55. The van der Waals surface area contributed by atoms with Crippen LogP contribution in [0.1, 0.15) is 6.92 Å². The molecule has 2 amide bonds. The molecule has 0 heterocycles. The molecule has 0 fully saturated rings. The van der Waals surface area contributed by atoms with Crippen molar-refractivity contribution in [2.45, 2.75) is 10.7 Å². The van der Waals surface area contributed by atoms with Crippen LogP contribution >= 0.6 is 34.8 Å². The Kier molecular flexibility index (Phi) is 5.29. The Hall–Kier alpha value is -1.17. The molecule has 0 aliphatic rings. The van der Waals surface area contributed by atoms with Crippen molar-refractivity contribution in [3.05, 3.63) is 24.3 Å². The number of nitrogens with one attached hydrogen (secondary N) is 1. The van der Waals surface area contributed by atoms with Crippen LogP contribution in [0.5, 0.6) is 0 Å². The van der Waals surface area contributed by atoms with E-state index in [0.29, 0.717) is 11.4 Å². The second-order valence-corrected chi connectivity index (χ2v) is 6.23. The molecule has 0 aromatic heterocycles. The number of hydrogen-bond acceptors (Lipinski definition) is 2. The van der Waals surface area contributed by atoms with Crippen LogP contribution in [0.3, 0.4) is 0 Å². The molecule has 1 aromatic carbocycles. The normalized spacial score (nSPS) is 10.9. The van der Waals surface area contributed by atoms with Crippen LogP contribution in [0, 0.1) is 0 Å². The molecule has 1 rings (SSSR count). The molecule has 0 aliphatic heterocycles. The van der Waals surface area contributed by atoms with E-state index in [0.717, 1.165) is 4.90 Å². The van der Waals surface area contributed by atoms with E-state index >= 15 is 0 Å². The second-order valence-electron chi connectivity index (χ2n) is 3.71. The maximum absolute atomic E-state index is 11.1. The molecule has 0 bridgehead atoms. The fourth-order valence-corrected chi connectivity index (χ4v) is 1.74. The number of rotatable bonds is 3. The Morgan fingerprint density at radius 2 is 1.79 bits per heavy atom. The first-order chi connectivity index (χ1) is 8.69. The summed E-state index contributed by atoms with van der Waals surface area (Å²) >= 11 is 16.8. The van der Waals surface area contributed by atoms with Gasteiger partial charge in [0.2, 0.25) is 9.70 Å². The van der Waals surface area contributed by atoms with Crippen LogP contribution in [-0.2, 0) is 4.79 Å². The molecule has 0 spiro atoms. The molecule has 5 nitrogen and oxygen atoms in total. The number of nitrogens with zero attached hydrogens (tertiary/aromatic N) is 1. The predicted molar refractivity (Wildman–Crippen MR) is 76.4 cm³/mol. The first-order valence-electron chi connectivity index (χ1n) is 5.14. The molecule has 2 N–H and O–H groups in total. The maximum Gasteiger partial charge on any atom is 0.411 e. The minimum Gasteiger partial charge on any atom is -0.465 e. The summed E-state index contributed by atoms with van der Waals surface area (Å²) in [6.07, 6.45) is -1.24. The maximum atomic E-state index is 11.1. The van der Waals surface area contributed by atoms with Gasteiger partial charge in [0.15, 0.2) is 0 Å². The molecule has 8 heteroatoms. The minimum atomic E-state index is -1.71. The SMILES string of the molecule is CC(=O)Nc1ccc(N(CC(Cl)(Cl)Cl)C(=O)O)cc1. The smallest absolute Gasteiger partial charge is 0.411 e. The average molecular weight is 326 g/mol. The molecule has 19 heavy (non-hydrogen) atoms. The number of halogens is 3. The quantitative estimate of drug-likeness (QED) is 0.836.